The number of hydrogen-bond acceptors (Lipinski definition) is 7. The van der Waals surface area contributed by atoms with Crippen molar-refractivity contribution in [3.8, 4) is 22.8 Å². The van der Waals surface area contributed by atoms with Gasteiger partial charge in [0, 0.05) is 61.3 Å². The van der Waals surface area contributed by atoms with Crippen LogP contribution in [0.5, 0.6) is 0 Å². The van der Waals surface area contributed by atoms with Crippen LogP contribution in [0.1, 0.15) is 5.56 Å². The van der Waals surface area contributed by atoms with E-state index in [1.54, 1.807) is 24.7 Å². The van der Waals surface area contributed by atoms with E-state index in [2.05, 4.69) is 42.3 Å². The van der Waals surface area contributed by atoms with E-state index in [0.717, 1.165) is 65.0 Å². The molecule has 8 nitrogen and oxygen atoms in total. The highest BCUT2D eigenvalue weighted by molar-refractivity contribution is 6.03. The van der Waals surface area contributed by atoms with E-state index in [-0.39, 0.29) is 5.69 Å². The summed E-state index contributed by atoms with van der Waals surface area (Å²) >= 11 is 0. The van der Waals surface area contributed by atoms with Gasteiger partial charge in [-0.1, -0.05) is 18.2 Å². The first-order chi connectivity index (χ1) is 17.8. The number of fused-ring (bicyclic) bond motifs is 2. The molecule has 0 radical (unpaired) electrons. The quantitative estimate of drug-likeness (QED) is 0.403. The molecule has 2 aliphatic rings. The Morgan fingerprint density at radius 1 is 0.972 bits per heavy atom. The molecule has 0 aromatic carbocycles. The predicted molar refractivity (Wildman–Crippen MR) is 138 cm³/mol. The topological polar surface area (TPSA) is 95.5 Å². The maximum Gasteiger partial charge on any atom is 0.163 e. The Balaban J connectivity index is 1.44. The lowest BCUT2D eigenvalue weighted by Gasteiger charge is -2.30. The normalized spacial score (nSPS) is 15.4. The van der Waals surface area contributed by atoms with Crippen LogP contribution in [0.4, 0.5) is 10.2 Å². The van der Waals surface area contributed by atoms with Crippen molar-refractivity contribution in [2.75, 3.05) is 31.1 Å². The first kappa shape index (κ1) is 20.8. The summed E-state index contributed by atoms with van der Waals surface area (Å²) in [6.07, 6.45) is 13.1. The maximum absolute atomic E-state index is 14.4. The van der Waals surface area contributed by atoms with Crippen LogP contribution in [-0.2, 0) is 0 Å². The Bertz CT molecular complexity index is 1700. The van der Waals surface area contributed by atoms with E-state index < -0.39 is 5.82 Å². The molecular weight excluding hydrogens is 455 g/mol. The number of nitrogens with zero attached hydrogens (tertiary/aromatic N) is 6. The highest BCUT2D eigenvalue weighted by atomic mass is 19.1. The largest absolute Gasteiger partial charge is 0.353 e. The van der Waals surface area contributed by atoms with Crippen LogP contribution in [0.2, 0.25) is 0 Å². The highest BCUT2D eigenvalue weighted by Crippen LogP contribution is 2.37. The fraction of sp³-hybridized carbons (Fsp3) is 0.148. The average Bonchev–Trinajstić information content (AvgIpc) is 3.32. The third-order valence-corrected chi connectivity index (χ3v) is 6.65. The zero-order valence-electron chi connectivity index (χ0n) is 19.2. The lowest BCUT2D eigenvalue weighted by atomic mass is 9.97. The minimum absolute atomic E-state index is 0.248. The van der Waals surface area contributed by atoms with Gasteiger partial charge in [-0.15, -0.1) is 0 Å². The molecule has 176 valence electrons. The number of allylic oxidation sites excluding steroid dienone is 4. The van der Waals surface area contributed by atoms with Gasteiger partial charge in [0.25, 0.3) is 0 Å². The molecule has 1 aliphatic carbocycles. The zero-order valence-corrected chi connectivity index (χ0v) is 19.2. The predicted octanol–water partition coefficient (Wildman–Crippen LogP) is 4.13. The molecule has 1 saturated heterocycles. The average molecular weight is 477 g/mol. The number of piperazine rings is 1. The fourth-order valence-corrected chi connectivity index (χ4v) is 4.81. The molecule has 1 fully saturated rings. The Kier molecular flexibility index (Phi) is 4.81. The van der Waals surface area contributed by atoms with E-state index >= 15 is 0 Å². The Labute approximate surface area is 205 Å². The number of aromatic amines is 1. The monoisotopic (exact) mass is 476 g/mol. The fourth-order valence-electron chi connectivity index (χ4n) is 4.81. The first-order valence-electron chi connectivity index (χ1n) is 11.9. The smallest absolute Gasteiger partial charge is 0.163 e. The van der Waals surface area contributed by atoms with Gasteiger partial charge in [0.05, 0.1) is 22.8 Å². The van der Waals surface area contributed by atoms with Crippen molar-refractivity contribution in [1.29, 1.82) is 0 Å². The van der Waals surface area contributed by atoms with Crippen LogP contribution in [0.25, 0.3) is 50.3 Å². The second-order valence-electron chi connectivity index (χ2n) is 8.81. The first-order valence-corrected chi connectivity index (χ1v) is 11.9. The van der Waals surface area contributed by atoms with E-state index in [1.165, 1.54) is 6.07 Å². The number of aromatic nitrogens is 6. The summed E-state index contributed by atoms with van der Waals surface area (Å²) in [7, 11) is 0. The summed E-state index contributed by atoms with van der Waals surface area (Å²) in [5, 5.41) is 5.22. The molecular formula is C27H21FN8. The molecule has 1 aliphatic heterocycles. The third-order valence-electron chi connectivity index (χ3n) is 6.65. The summed E-state index contributed by atoms with van der Waals surface area (Å²) in [6, 6.07) is 6.72. The minimum Gasteiger partial charge on any atom is -0.353 e. The number of pyridine rings is 3. The summed E-state index contributed by atoms with van der Waals surface area (Å²) < 4.78 is 14.4. The highest BCUT2D eigenvalue weighted by Gasteiger charge is 2.23. The van der Waals surface area contributed by atoms with Crippen LogP contribution >= 0.6 is 0 Å². The van der Waals surface area contributed by atoms with Gasteiger partial charge in [-0.3, -0.25) is 9.97 Å². The van der Waals surface area contributed by atoms with Crippen molar-refractivity contribution in [2.45, 2.75) is 0 Å². The SMILES string of the molecule is Fc1cccnc1-c1cc2c(-c3nc(N4CCNCC4)c4c(C5=CC=C5)cncc4n3)ccnc2[nH]1. The molecule has 0 bridgehead atoms. The van der Waals surface area contributed by atoms with Crippen LogP contribution in [0, 0.1) is 5.82 Å². The number of halogens is 1. The molecule has 0 spiro atoms. The lowest BCUT2D eigenvalue weighted by molar-refractivity contribution is 0.586. The standard InChI is InChI=1S/C27H21FN8/c28-20-5-2-7-31-24(20)21-13-18-17(6-8-32-25(18)33-21)26-34-22-15-30-14-19(16-3-1-4-16)23(22)27(35-26)36-11-9-29-10-12-36/h1-8,13-15,29H,9-12H2,(H,32,33). The Morgan fingerprint density at radius 2 is 1.86 bits per heavy atom. The van der Waals surface area contributed by atoms with E-state index in [1.807, 2.05) is 24.4 Å². The van der Waals surface area contributed by atoms with E-state index in [0.29, 0.717) is 17.2 Å². The van der Waals surface area contributed by atoms with Gasteiger partial charge in [0.15, 0.2) is 11.6 Å². The van der Waals surface area contributed by atoms with Gasteiger partial charge in [0.2, 0.25) is 0 Å². The van der Waals surface area contributed by atoms with Crippen molar-refractivity contribution in [1.82, 2.24) is 35.2 Å². The van der Waals surface area contributed by atoms with Gasteiger partial charge >= 0.3 is 0 Å². The van der Waals surface area contributed by atoms with Gasteiger partial charge in [-0.25, -0.2) is 19.3 Å². The van der Waals surface area contributed by atoms with Gasteiger partial charge in [0.1, 0.15) is 17.2 Å². The lowest BCUT2D eigenvalue weighted by Crippen LogP contribution is -2.44. The maximum atomic E-state index is 14.4. The molecule has 0 saturated carbocycles. The number of rotatable bonds is 4. The third kappa shape index (κ3) is 3.36. The molecule has 36 heavy (non-hydrogen) atoms. The van der Waals surface area contributed by atoms with Crippen molar-refractivity contribution < 1.29 is 4.39 Å². The molecule has 0 atom stereocenters. The van der Waals surface area contributed by atoms with Gasteiger partial charge in [-0.2, -0.15) is 0 Å². The van der Waals surface area contributed by atoms with E-state index in [9.17, 15) is 4.39 Å². The molecule has 6 heterocycles. The summed E-state index contributed by atoms with van der Waals surface area (Å²) in [6.45, 7) is 3.47. The zero-order chi connectivity index (χ0) is 24.1. The van der Waals surface area contributed by atoms with Crippen LogP contribution < -0.4 is 10.2 Å². The van der Waals surface area contributed by atoms with E-state index in [4.69, 9.17) is 9.97 Å². The molecule has 7 rings (SSSR count). The second kappa shape index (κ2) is 8.31. The molecule has 0 amide bonds. The van der Waals surface area contributed by atoms with Crippen LogP contribution in [0.15, 0.2) is 67.3 Å². The van der Waals surface area contributed by atoms with Crippen molar-refractivity contribution in [2.24, 2.45) is 0 Å². The number of H-pyrrole nitrogens is 1. The van der Waals surface area contributed by atoms with Gasteiger partial charge < -0.3 is 15.2 Å². The molecule has 9 heteroatoms. The van der Waals surface area contributed by atoms with Crippen LogP contribution in [0.3, 0.4) is 0 Å². The number of hydrogen-bond donors (Lipinski definition) is 2. The summed E-state index contributed by atoms with van der Waals surface area (Å²) in [5.74, 6) is 1.07. The summed E-state index contributed by atoms with van der Waals surface area (Å²) in [5.41, 5.74) is 5.17. The van der Waals surface area contributed by atoms with Gasteiger partial charge in [-0.05, 0) is 29.8 Å². The molecule has 5 aromatic rings. The van der Waals surface area contributed by atoms with Crippen molar-refractivity contribution in [3.05, 3.63) is 78.7 Å². The molecule has 0 unspecified atom stereocenters. The van der Waals surface area contributed by atoms with Crippen molar-refractivity contribution in [3.63, 3.8) is 0 Å². The number of nitrogens with one attached hydrogen (secondary N) is 2. The Hall–Kier alpha value is -4.50. The molecule has 2 N–H and O–H groups in total. The second-order valence-corrected chi connectivity index (χ2v) is 8.81. The number of anilines is 1. The van der Waals surface area contributed by atoms with Crippen LogP contribution in [-0.4, -0.2) is 56.1 Å². The summed E-state index contributed by atoms with van der Waals surface area (Å²) in [4.78, 5) is 28.7. The minimum atomic E-state index is -0.397. The molecule has 5 aromatic heterocycles. The van der Waals surface area contributed by atoms with Crippen molar-refractivity contribution >= 4 is 33.3 Å². The Morgan fingerprint density at radius 3 is 2.67 bits per heavy atom.